The lowest BCUT2D eigenvalue weighted by Crippen LogP contribution is -2.37. The summed E-state index contributed by atoms with van der Waals surface area (Å²) < 4.78 is 5.82. The van der Waals surface area contributed by atoms with Crippen molar-refractivity contribution in [2.75, 3.05) is 13.2 Å². The van der Waals surface area contributed by atoms with E-state index in [0.717, 1.165) is 19.1 Å². The molecule has 102 valence electrons. The standard InChI is InChI=1S/C15H31NO/c1-11(2)17-10-13-8-14(15(3,4)5)7-6-12(13)9-16/h11-14H,6-10,16H2,1-5H3. The summed E-state index contributed by atoms with van der Waals surface area (Å²) in [4.78, 5) is 0. The second-order valence-electron chi connectivity index (χ2n) is 7.01. The molecule has 0 saturated heterocycles. The second kappa shape index (κ2) is 6.19. The first-order chi connectivity index (χ1) is 7.84. The van der Waals surface area contributed by atoms with Crippen molar-refractivity contribution in [1.82, 2.24) is 0 Å². The van der Waals surface area contributed by atoms with Crippen LogP contribution in [0.25, 0.3) is 0 Å². The Morgan fingerprint density at radius 2 is 1.82 bits per heavy atom. The first-order valence-electron chi connectivity index (χ1n) is 7.16. The van der Waals surface area contributed by atoms with Crippen LogP contribution in [0.1, 0.15) is 53.9 Å². The molecule has 0 amide bonds. The topological polar surface area (TPSA) is 35.2 Å². The van der Waals surface area contributed by atoms with Crippen LogP contribution in [0.15, 0.2) is 0 Å². The van der Waals surface area contributed by atoms with E-state index in [1.807, 2.05) is 0 Å². The van der Waals surface area contributed by atoms with Gasteiger partial charge in [-0.05, 0) is 62.8 Å². The van der Waals surface area contributed by atoms with Crippen LogP contribution in [-0.4, -0.2) is 19.3 Å². The van der Waals surface area contributed by atoms with Crippen molar-refractivity contribution in [3.05, 3.63) is 0 Å². The fourth-order valence-corrected chi connectivity index (χ4v) is 2.94. The molecule has 1 rings (SSSR count). The third-order valence-electron chi connectivity index (χ3n) is 4.31. The molecule has 1 aliphatic rings. The molecule has 3 atom stereocenters. The Morgan fingerprint density at radius 3 is 2.29 bits per heavy atom. The summed E-state index contributed by atoms with van der Waals surface area (Å²) >= 11 is 0. The summed E-state index contributed by atoms with van der Waals surface area (Å²) in [6, 6.07) is 0. The predicted molar refractivity (Wildman–Crippen MR) is 73.9 cm³/mol. The van der Waals surface area contributed by atoms with Crippen molar-refractivity contribution in [3.8, 4) is 0 Å². The fraction of sp³-hybridized carbons (Fsp3) is 1.00. The highest BCUT2D eigenvalue weighted by Crippen LogP contribution is 2.42. The number of hydrogen-bond acceptors (Lipinski definition) is 2. The van der Waals surface area contributed by atoms with Crippen LogP contribution >= 0.6 is 0 Å². The molecule has 0 aliphatic heterocycles. The van der Waals surface area contributed by atoms with Gasteiger partial charge >= 0.3 is 0 Å². The van der Waals surface area contributed by atoms with E-state index in [-0.39, 0.29) is 0 Å². The summed E-state index contributed by atoms with van der Waals surface area (Å²) in [6.07, 6.45) is 4.25. The number of hydrogen-bond donors (Lipinski definition) is 1. The van der Waals surface area contributed by atoms with E-state index in [0.29, 0.717) is 23.4 Å². The highest BCUT2D eigenvalue weighted by Gasteiger charge is 2.35. The molecule has 0 heterocycles. The third-order valence-corrected chi connectivity index (χ3v) is 4.31. The van der Waals surface area contributed by atoms with Gasteiger partial charge < -0.3 is 10.5 Å². The van der Waals surface area contributed by atoms with Gasteiger partial charge in [0.2, 0.25) is 0 Å². The molecule has 2 N–H and O–H groups in total. The molecule has 1 saturated carbocycles. The van der Waals surface area contributed by atoms with Crippen molar-refractivity contribution in [3.63, 3.8) is 0 Å². The van der Waals surface area contributed by atoms with E-state index in [2.05, 4.69) is 34.6 Å². The van der Waals surface area contributed by atoms with E-state index in [9.17, 15) is 0 Å². The van der Waals surface area contributed by atoms with E-state index in [1.54, 1.807) is 0 Å². The van der Waals surface area contributed by atoms with Crippen molar-refractivity contribution in [1.29, 1.82) is 0 Å². The molecule has 3 unspecified atom stereocenters. The van der Waals surface area contributed by atoms with Gasteiger partial charge in [0.05, 0.1) is 12.7 Å². The molecule has 17 heavy (non-hydrogen) atoms. The van der Waals surface area contributed by atoms with Crippen LogP contribution in [0.3, 0.4) is 0 Å². The van der Waals surface area contributed by atoms with E-state index in [4.69, 9.17) is 10.5 Å². The monoisotopic (exact) mass is 241 g/mol. The molecular formula is C15H31NO. The lowest BCUT2D eigenvalue weighted by atomic mass is 9.66. The molecule has 0 aromatic rings. The zero-order valence-electron chi connectivity index (χ0n) is 12.3. The smallest absolute Gasteiger partial charge is 0.0519 e. The Labute approximate surface area is 107 Å². The fourth-order valence-electron chi connectivity index (χ4n) is 2.94. The second-order valence-corrected chi connectivity index (χ2v) is 7.01. The Balaban J connectivity index is 2.55. The van der Waals surface area contributed by atoms with Crippen LogP contribution in [0.2, 0.25) is 0 Å². The largest absolute Gasteiger partial charge is 0.378 e. The molecule has 2 nitrogen and oxygen atoms in total. The minimum absolute atomic E-state index is 0.337. The van der Waals surface area contributed by atoms with Crippen LogP contribution in [0.5, 0.6) is 0 Å². The number of ether oxygens (including phenoxy) is 1. The van der Waals surface area contributed by atoms with Gasteiger partial charge in [0.25, 0.3) is 0 Å². The average Bonchev–Trinajstić information content (AvgIpc) is 2.24. The van der Waals surface area contributed by atoms with Crippen molar-refractivity contribution in [2.24, 2.45) is 28.9 Å². The maximum atomic E-state index is 5.90. The van der Waals surface area contributed by atoms with Crippen LogP contribution in [0, 0.1) is 23.2 Å². The summed E-state index contributed by atoms with van der Waals surface area (Å²) in [5.41, 5.74) is 6.33. The summed E-state index contributed by atoms with van der Waals surface area (Å²) in [5, 5.41) is 0. The maximum absolute atomic E-state index is 5.90. The number of nitrogens with two attached hydrogens (primary N) is 1. The summed E-state index contributed by atoms with van der Waals surface area (Å²) in [5.74, 6) is 2.17. The zero-order chi connectivity index (χ0) is 13.1. The molecule has 0 aromatic heterocycles. The van der Waals surface area contributed by atoms with Gasteiger partial charge in [-0.25, -0.2) is 0 Å². The van der Waals surface area contributed by atoms with Gasteiger partial charge in [0, 0.05) is 0 Å². The minimum Gasteiger partial charge on any atom is -0.378 e. The summed E-state index contributed by atoms with van der Waals surface area (Å²) in [7, 11) is 0. The Bertz CT molecular complexity index is 219. The normalized spacial score (nSPS) is 30.9. The molecule has 0 aromatic carbocycles. The van der Waals surface area contributed by atoms with Gasteiger partial charge in [-0.1, -0.05) is 20.8 Å². The Kier molecular flexibility index (Phi) is 5.46. The van der Waals surface area contributed by atoms with Gasteiger partial charge in [-0.15, -0.1) is 0 Å². The average molecular weight is 241 g/mol. The van der Waals surface area contributed by atoms with Crippen LogP contribution < -0.4 is 5.73 Å². The van der Waals surface area contributed by atoms with Crippen molar-refractivity contribution in [2.45, 2.75) is 60.0 Å². The molecule has 1 fully saturated rings. The highest BCUT2D eigenvalue weighted by molar-refractivity contribution is 4.86. The first-order valence-corrected chi connectivity index (χ1v) is 7.16. The van der Waals surface area contributed by atoms with Gasteiger partial charge in [0.15, 0.2) is 0 Å². The predicted octanol–water partition coefficient (Wildman–Crippen LogP) is 3.45. The van der Waals surface area contributed by atoms with Gasteiger partial charge in [-0.2, -0.15) is 0 Å². The van der Waals surface area contributed by atoms with Crippen LogP contribution in [0.4, 0.5) is 0 Å². The number of rotatable bonds is 4. The van der Waals surface area contributed by atoms with Gasteiger partial charge in [0.1, 0.15) is 0 Å². The Morgan fingerprint density at radius 1 is 1.18 bits per heavy atom. The lowest BCUT2D eigenvalue weighted by Gasteiger charge is -2.41. The summed E-state index contributed by atoms with van der Waals surface area (Å²) in [6.45, 7) is 13.0. The van der Waals surface area contributed by atoms with Crippen LogP contribution in [-0.2, 0) is 4.74 Å². The quantitative estimate of drug-likeness (QED) is 0.818. The third kappa shape index (κ3) is 4.59. The molecule has 0 bridgehead atoms. The van der Waals surface area contributed by atoms with Crippen molar-refractivity contribution >= 4 is 0 Å². The molecule has 2 heteroatoms. The molecular weight excluding hydrogens is 210 g/mol. The van der Waals surface area contributed by atoms with Crippen molar-refractivity contribution < 1.29 is 4.74 Å². The van der Waals surface area contributed by atoms with E-state index >= 15 is 0 Å². The SMILES string of the molecule is CC(C)OCC1CC(C(C)(C)C)CCC1CN. The van der Waals surface area contributed by atoms with E-state index < -0.39 is 0 Å². The molecule has 0 spiro atoms. The lowest BCUT2D eigenvalue weighted by molar-refractivity contribution is -0.0000475. The van der Waals surface area contributed by atoms with E-state index in [1.165, 1.54) is 19.3 Å². The molecule has 0 radical (unpaired) electrons. The highest BCUT2D eigenvalue weighted by atomic mass is 16.5. The molecule has 1 aliphatic carbocycles. The minimum atomic E-state index is 0.337. The Hall–Kier alpha value is -0.0800. The zero-order valence-corrected chi connectivity index (χ0v) is 12.3. The van der Waals surface area contributed by atoms with Gasteiger partial charge in [-0.3, -0.25) is 0 Å². The first kappa shape index (κ1) is 15.0. The maximum Gasteiger partial charge on any atom is 0.0519 e.